The summed E-state index contributed by atoms with van der Waals surface area (Å²) < 4.78 is 75.9. The molecule has 0 aromatic heterocycles. The van der Waals surface area contributed by atoms with Crippen molar-refractivity contribution < 1.29 is 36.2 Å². The SMILES string of the molecule is Cl.N[C@H](c1cc(OC(F)(F)F)ccc1O)C(F)(F)F. The molecule has 1 aromatic carbocycles. The molecule has 0 bridgehead atoms. The molecule has 0 saturated carbocycles. The molecule has 3 N–H and O–H groups in total. The lowest BCUT2D eigenvalue weighted by Crippen LogP contribution is -2.28. The molecule has 1 rings (SSSR count). The Morgan fingerprint density at radius 3 is 2.05 bits per heavy atom. The molecule has 0 fully saturated rings. The van der Waals surface area contributed by atoms with Crippen LogP contribution in [-0.4, -0.2) is 17.6 Å². The number of aromatic hydroxyl groups is 1. The van der Waals surface area contributed by atoms with E-state index >= 15 is 0 Å². The van der Waals surface area contributed by atoms with Gasteiger partial charge in [0.2, 0.25) is 0 Å². The van der Waals surface area contributed by atoms with Gasteiger partial charge in [-0.25, -0.2) is 0 Å². The van der Waals surface area contributed by atoms with E-state index in [1.54, 1.807) is 0 Å². The van der Waals surface area contributed by atoms with E-state index in [4.69, 9.17) is 10.8 Å². The van der Waals surface area contributed by atoms with Crippen LogP contribution in [0.3, 0.4) is 0 Å². The van der Waals surface area contributed by atoms with E-state index in [-0.39, 0.29) is 12.4 Å². The molecule has 110 valence electrons. The number of alkyl halides is 6. The fraction of sp³-hybridized carbons (Fsp3) is 0.333. The van der Waals surface area contributed by atoms with Gasteiger partial charge in [-0.1, -0.05) is 0 Å². The van der Waals surface area contributed by atoms with Crippen LogP contribution in [0.25, 0.3) is 0 Å². The summed E-state index contributed by atoms with van der Waals surface area (Å²) in [6, 6.07) is -0.896. The molecule has 0 heterocycles. The minimum absolute atomic E-state index is 0. The van der Waals surface area contributed by atoms with Crippen molar-refractivity contribution in [3.8, 4) is 11.5 Å². The van der Waals surface area contributed by atoms with E-state index in [1.807, 2.05) is 0 Å². The Labute approximate surface area is 109 Å². The standard InChI is InChI=1S/C9H7F6NO2.ClH/c10-8(11,12)7(16)5-3-4(1-2-6(5)17)18-9(13,14)15;/h1-3,7,17H,16H2;1H/t7-;/m1./s1. The van der Waals surface area contributed by atoms with Gasteiger partial charge in [0.15, 0.2) is 0 Å². The Kier molecular flexibility index (Phi) is 5.33. The number of benzene rings is 1. The van der Waals surface area contributed by atoms with Gasteiger partial charge >= 0.3 is 12.5 Å². The average Bonchev–Trinajstić information content (AvgIpc) is 2.16. The molecule has 10 heteroatoms. The summed E-state index contributed by atoms with van der Waals surface area (Å²) in [5, 5.41) is 9.15. The average molecular weight is 312 g/mol. The van der Waals surface area contributed by atoms with Gasteiger partial charge in [-0.3, -0.25) is 0 Å². The highest BCUT2D eigenvalue weighted by atomic mass is 35.5. The van der Waals surface area contributed by atoms with Gasteiger partial charge in [-0.15, -0.1) is 25.6 Å². The smallest absolute Gasteiger partial charge is 0.508 e. The number of phenolic OH excluding ortho intramolecular Hbond substituents is 1. The van der Waals surface area contributed by atoms with Crippen molar-refractivity contribution in [3.05, 3.63) is 23.8 Å². The molecule has 0 aliphatic rings. The molecule has 0 saturated heterocycles. The zero-order valence-corrected chi connectivity index (χ0v) is 9.73. The molecule has 0 spiro atoms. The zero-order valence-electron chi connectivity index (χ0n) is 8.92. The van der Waals surface area contributed by atoms with E-state index < -0.39 is 35.6 Å². The predicted octanol–water partition coefficient (Wildman–Crippen LogP) is 3.27. The number of halogens is 7. The maximum absolute atomic E-state index is 12.3. The quantitative estimate of drug-likeness (QED) is 0.824. The number of nitrogens with two attached hydrogens (primary N) is 1. The second-order valence-corrected chi connectivity index (χ2v) is 3.29. The Morgan fingerprint density at radius 1 is 1.11 bits per heavy atom. The number of phenols is 1. The Morgan fingerprint density at radius 2 is 1.63 bits per heavy atom. The maximum atomic E-state index is 12.3. The van der Waals surface area contributed by atoms with Gasteiger partial charge in [0.1, 0.15) is 17.5 Å². The normalized spacial score (nSPS) is 13.6. The first-order chi connectivity index (χ1) is 8.00. The zero-order chi connectivity index (χ0) is 14.1. The number of ether oxygens (including phenoxy) is 1. The lowest BCUT2D eigenvalue weighted by molar-refractivity contribution is -0.274. The van der Waals surface area contributed by atoms with Gasteiger partial charge in [0, 0.05) is 5.56 Å². The molecule has 1 aromatic rings. The van der Waals surface area contributed by atoms with Crippen LogP contribution in [-0.2, 0) is 0 Å². The van der Waals surface area contributed by atoms with Gasteiger partial charge < -0.3 is 15.6 Å². The van der Waals surface area contributed by atoms with Crippen molar-refractivity contribution in [2.24, 2.45) is 5.73 Å². The van der Waals surface area contributed by atoms with Gasteiger partial charge in [0.25, 0.3) is 0 Å². The predicted molar refractivity (Wildman–Crippen MR) is 55.0 cm³/mol. The summed E-state index contributed by atoms with van der Waals surface area (Å²) in [6.07, 6.45) is -9.94. The van der Waals surface area contributed by atoms with Gasteiger partial charge in [-0.05, 0) is 18.2 Å². The minimum Gasteiger partial charge on any atom is -0.508 e. The van der Waals surface area contributed by atoms with Crippen LogP contribution in [0.15, 0.2) is 18.2 Å². The van der Waals surface area contributed by atoms with Crippen LogP contribution in [0, 0.1) is 0 Å². The van der Waals surface area contributed by atoms with Crippen LogP contribution < -0.4 is 10.5 Å². The molecule has 0 amide bonds. The summed E-state index contributed by atoms with van der Waals surface area (Å²) in [5.74, 6) is -1.76. The maximum Gasteiger partial charge on any atom is 0.573 e. The summed E-state index contributed by atoms with van der Waals surface area (Å²) in [6.45, 7) is 0. The van der Waals surface area contributed by atoms with Crippen LogP contribution in [0.2, 0.25) is 0 Å². The summed E-state index contributed by atoms with van der Waals surface area (Å²) in [7, 11) is 0. The summed E-state index contributed by atoms with van der Waals surface area (Å²) in [5.41, 5.74) is 3.88. The highest BCUT2D eigenvalue weighted by molar-refractivity contribution is 5.85. The molecule has 1 atom stereocenters. The topological polar surface area (TPSA) is 55.5 Å². The van der Waals surface area contributed by atoms with Crippen molar-refractivity contribution in [2.75, 3.05) is 0 Å². The largest absolute Gasteiger partial charge is 0.573 e. The lowest BCUT2D eigenvalue weighted by atomic mass is 10.1. The first kappa shape index (κ1) is 17.6. The van der Waals surface area contributed by atoms with Crippen molar-refractivity contribution in [3.63, 3.8) is 0 Å². The number of rotatable bonds is 2. The molecule has 19 heavy (non-hydrogen) atoms. The third-order valence-electron chi connectivity index (χ3n) is 1.92. The van der Waals surface area contributed by atoms with Crippen molar-refractivity contribution >= 4 is 12.4 Å². The molecular weight excluding hydrogens is 304 g/mol. The Bertz CT molecular complexity index is 434. The van der Waals surface area contributed by atoms with E-state index in [9.17, 15) is 26.3 Å². The highest BCUT2D eigenvalue weighted by Crippen LogP contribution is 2.37. The van der Waals surface area contributed by atoms with Crippen LogP contribution in [0.4, 0.5) is 26.3 Å². The van der Waals surface area contributed by atoms with E-state index in [2.05, 4.69) is 4.74 Å². The first-order valence-electron chi connectivity index (χ1n) is 4.41. The Hall–Kier alpha value is -1.35. The van der Waals surface area contributed by atoms with E-state index in [1.165, 1.54) is 0 Å². The monoisotopic (exact) mass is 311 g/mol. The number of hydrogen-bond acceptors (Lipinski definition) is 3. The molecule has 0 aliphatic carbocycles. The van der Waals surface area contributed by atoms with Crippen LogP contribution >= 0.6 is 12.4 Å². The van der Waals surface area contributed by atoms with Gasteiger partial charge in [-0.2, -0.15) is 13.2 Å². The third-order valence-corrected chi connectivity index (χ3v) is 1.92. The lowest BCUT2D eigenvalue weighted by Gasteiger charge is -2.18. The van der Waals surface area contributed by atoms with Crippen molar-refractivity contribution in [1.29, 1.82) is 0 Å². The fourth-order valence-electron chi connectivity index (χ4n) is 1.16. The fourth-order valence-corrected chi connectivity index (χ4v) is 1.16. The second-order valence-electron chi connectivity index (χ2n) is 3.29. The summed E-state index contributed by atoms with van der Waals surface area (Å²) in [4.78, 5) is 0. The highest BCUT2D eigenvalue weighted by Gasteiger charge is 2.40. The number of hydrogen-bond donors (Lipinski definition) is 2. The summed E-state index contributed by atoms with van der Waals surface area (Å²) >= 11 is 0. The third kappa shape index (κ3) is 5.03. The van der Waals surface area contributed by atoms with Crippen molar-refractivity contribution in [1.82, 2.24) is 0 Å². The molecule has 0 unspecified atom stereocenters. The van der Waals surface area contributed by atoms with E-state index in [0.717, 1.165) is 0 Å². The van der Waals surface area contributed by atoms with E-state index in [0.29, 0.717) is 18.2 Å². The van der Waals surface area contributed by atoms with Crippen molar-refractivity contribution in [2.45, 2.75) is 18.6 Å². The molecule has 3 nitrogen and oxygen atoms in total. The van der Waals surface area contributed by atoms with Crippen LogP contribution in [0.5, 0.6) is 11.5 Å². The van der Waals surface area contributed by atoms with Gasteiger partial charge in [0.05, 0.1) is 0 Å². The minimum atomic E-state index is -5.05. The first-order valence-corrected chi connectivity index (χ1v) is 4.41. The Balaban J connectivity index is 0.00000324. The molecular formula is C9H8ClF6NO2. The van der Waals surface area contributed by atoms with Crippen LogP contribution in [0.1, 0.15) is 11.6 Å². The molecule has 0 radical (unpaired) electrons. The molecule has 0 aliphatic heterocycles. The second kappa shape index (κ2) is 5.74.